The van der Waals surface area contributed by atoms with Gasteiger partial charge in [0.2, 0.25) is 5.91 Å². The highest BCUT2D eigenvalue weighted by Gasteiger charge is 2.15. The number of nitrogens with two attached hydrogens (primary N) is 1. The van der Waals surface area contributed by atoms with Crippen molar-refractivity contribution in [1.29, 1.82) is 0 Å². The Morgan fingerprint density at radius 1 is 1.80 bits per heavy atom. The van der Waals surface area contributed by atoms with Gasteiger partial charge in [0.15, 0.2) is 0 Å². The van der Waals surface area contributed by atoms with Gasteiger partial charge in [0.25, 0.3) is 0 Å². The first-order valence-electron chi connectivity index (χ1n) is 4.68. The van der Waals surface area contributed by atoms with Gasteiger partial charge in [0, 0.05) is 11.3 Å². The fourth-order valence-corrected chi connectivity index (χ4v) is 1.88. The fourth-order valence-electron chi connectivity index (χ4n) is 1.15. The van der Waals surface area contributed by atoms with E-state index >= 15 is 0 Å². The summed E-state index contributed by atoms with van der Waals surface area (Å²) in [6, 6.07) is 3.30. The average Bonchev–Trinajstić information content (AvgIpc) is 2.70. The molecule has 1 heterocycles. The van der Waals surface area contributed by atoms with E-state index in [0.717, 1.165) is 4.88 Å². The Balaban J connectivity index is 2.49. The maximum absolute atomic E-state index is 11.5. The predicted octanol–water partition coefficient (Wildman–Crippen LogP) is 1.28. The number of terminal acetylenes is 1. The molecular weight excluding hydrogens is 208 g/mol. The molecule has 0 aliphatic carbocycles. The zero-order valence-electron chi connectivity index (χ0n) is 8.57. The molecule has 1 rings (SSSR count). The van der Waals surface area contributed by atoms with Gasteiger partial charge in [0.1, 0.15) is 0 Å². The van der Waals surface area contributed by atoms with Crippen LogP contribution in [0.3, 0.4) is 0 Å². The van der Waals surface area contributed by atoms with E-state index in [1.807, 2.05) is 24.4 Å². The zero-order chi connectivity index (χ0) is 11.3. The van der Waals surface area contributed by atoms with E-state index in [1.54, 1.807) is 11.3 Å². The zero-order valence-corrected chi connectivity index (χ0v) is 9.38. The van der Waals surface area contributed by atoms with Crippen LogP contribution in [0.5, 0.6) is 0 Å². The quantitative estimate of drug-likeness (QED) is 0.754. The number of nitrogens with one attached hydrogen (secondary N) is 1. The van der Waals surface area contributed by atoms with Gasteiger partial charge in [-0.3, -0.25) is 4.79 Å². The third-order valence-corrected chi connectivity index (χ3v) is 3.06. The Hall–Kier alpha value is -1.31. The Bertz CT molecular complexity index is 353. The molecule has 0 fully saturated rings. The topological polar surface area (TPSA) is 55.1 Å². The third kappa shape index (κ3) is 3.39. The summed E-state index contributed by atoms with van der Waals surface area (Å²) in [5.74, 6) is 2.17. The van der Waals surface area contributed by atoms with Gasteiger partial charge in [-0.05, 0) is 18.4 Å². The fraction of sp³-hybridized carbons (Fsp3) is 0.364. The summed E-state index contributed by atoms with van der Waals surface area (Å²) in [6.07, 6.45) is 5.35. The number of carbonyl (C=O) groups is 1. The van der Waals surface area contributed by atoms with Crippen molar-refractivity contribution in [2.24, 2.45) is 5.73 Å². The van der Waals surface area contributed by atoms with Crippen LogP contribution in [-0.2, 0) is 4.79 Å². The highest BCUT2D eigenvalue weighted by molar-refractivity contribution is 7.10. The maximum atomic E-state index is 11.5. The molecule has 1 aromatic heterocycles. The molecule has 3 N–H and O–H groups in total. The summed E-state index contributed by atoms with van der Waals surface area (Å²) in [5, 5.41) is 4.79. The van der Waals surface area contributed by atoms with Crippen LogP contribution in [0.25, 0.3) is 0 Å². The molecule has 1 amide bonds. The second-order valence-electron chi connectivity index (χ2n) is 3.26. The van der Waals surface area contributed by atoms with Crippen LogP contribution in [0, 0.1) is 12.3 Å². The molecule has 80 valence electrons. The van der Waals surface area contributed by atoms with Crippen LogP contribution in [0.4, 0.5) is 0 Å². The van der Waals surface area contributed by atoms with E-state index in [4.69, 9.17) is 12.2 Å². The molecule has 0 aromatic carbocycles. The SMILES string of the molecule is C#CCC(N)C(=O)NC(C)c1cccs1. The lowest BCUT2D eigenvalue weighted by Crippen LogP contribution is -2.41. The van der Waals surface area contributed by atoms with Gasteiger partial charge >= 0.3 is 0 Å². The molecule has 0 saturated carbocycles. The first-order valence-corrected chi connectivity index (χ1v) is 5.56. The second kappa shape index (κ2) is 5.54. The first-order chi connectivity index (χ1) is 7.15. The Morgan fingerprint density at radius 3 is 3.07 bits per heavy atom. The van der Waals surface area contributed by atoms with Gasteiger partial charge in [-0.15, -0.1) is 23.7 Å². The smallest absolute Gasteiger partial charge is 0.238 e. The van der Waals surface area contributed by atoms with Gasteiger partial charge in [0.05, 0.1) is 12.1 Å². The van der Waals surface area contributed by atoms with E-state index in [1.165, 1.54) is 0 Å². The number of hydrogen-bond acceptors (Lipinski definition) is 3. The van der Waals surface area contributed by atoms with Gasteiger partial charge < -0.3 is 11.1 Å². The monoisotopic (exact) mass is 222 g/mol. The molecule has 4 heteroatoms. The van der Waals surface area contributed by atoms with Crippen molar-refractivity contribution >= 4 is 17.2 Å². The van der Waals surface area contributed by atoms with Crippen molar-refractivity contribution in [1.82, 2.24) is 5.32 Å². The molecule has 2 unspecified atom stereocenters. The van der Waals surface area contributed by atoms with Crippen molar-refractivity contribution < 1.29 is 4.79 Å². The summed E-state index contributed by atoms with van der Waals surface area (Å²) in [5.41, 5.74) is 5.58. The van der Waals surface area contributed by atoms with E-state index in [-0.39, 0.29) is 18.4 Å². The molecule has 0 spiro atoms. The Kier molecular flexibility index (Phi) is 4.35. The molecule has 3 nitrogen and oxygen atoms in total. The summed E-state index contributed by atoms with van der Waals surface area (Å²) in [4.78, 5) is 12.6. The summed E-state index contributed by atoms with van der Waals surface area (Å²) in [7, 11) is 0. The molecule has 15 heavy (non-hydrogen) atoms. The second-order valence-corrected chi connectivity index (χ2v) is 4.24. The maximum Gasteiger partial charge on any atom is 0.238 e. The molecule has 0 bridgehead atoms. The van der Waals surface area contributed by atoms with Crippen LogP contribution in [0.1, 0.15) is 24.3 Å². The van der Waals surface area contributed by atoms with E-state index < -0.39 is 6.04 Å². The van der Waals surface area contributed by atoms with E-state index in [0.29, 0.717) is 0 Å². The van der Waals surface area contributed by atoms with E-state index in [2.05, 4.69) is 11.2 Å². The molecule has 0 aliphatic rings. The lowest BCUT2D eigenvalue weighted by molar-refractivity contribution is -0.122. The highest BCUT2D eigenvalue weighted by Crippen LogP contribution is 2.17. The number of amides is 1. The minimum Gasteiger partial charge on any atom is -0.347 e. The summed E-state index contributed by atoms with van der Waals surface area (Å²) in [6.45, 7) is 1.92. The lowest BCUT2D eigenvalue weighted by Gasteiger charge is -2.15. The lowest BCUT2D eigenvalue weighted by atomic mass is 10.2. The van der Waals surface area contributed by atoms with Crippen molar-refractivity contribution in [3.8, 4) is 12.3 Å². The normalized spacial score (nSPS) is 13.9. The van der Waals surface area contributed by atoms with Gasteiger partial charge in [-0.1, -0.05) is 6.07 Å². The van der Waals surface area contributed by atoms with Crippen LogP contribution in [-0.4, -0.2) is 11.9 Å². The Morgan fingerprint density at radius 2 is 2.53 bits per heavy atom. The van der Waals surface area contributed by atoms with E-state index in [9.17, 15) is 4.79 Å². The number of hydrogen-bond donors (Lipinski definition) is 2. The molecule has 2 atom stereocenters. The van der Waals surface area contributed by atoms with Crippen molar-refractivity contribution in [3.63, 3.8) is 0 Å². The van der Waals surface area contributed by atoms with Crippen molar-refractivity contribution in [3.05, 3.63) is 22.4 Å². The van der Waals surface area contributed by atoms with Gasteiger partial charge in [-0.2, -0.15) is 0 Å². The standard InChI is InChI=1S/C11H14N2OS/c1-3-5-9(12)11(14)13-8(2)10-6-4-7-15-10/h1,4,6-9H,5,12H2,2H3,(H,13,14). The van der Waals surface area contributed by atoms with Crippen molar-refractivity contribution in [2.75, 3.05) is 0 Å². The van der Waals surface area contributed by atoms with Gasteiger partial charge in [-0.25, -0.2) is 0 Å². The Labute approximate surface area is 93.7 Å². The van der Waals surface area contributed by atoms with Crippen LogP contribution in [0.15, 0.2) is 17.5 Å². The predicted molar refractivity (Wildman–Crippen MR) is 62.3 cm³/mol. The summed E-state index contributed by atoms with van der Waals surface area (Å²) >= 11 is 1.60. The third-order valence-electron chi connectivity index (χ3n) is 2.00. The average molecular weight is 222 g/mol. The van der Waals surface area contributed by atoms with Crippen LogP contribution < -0.4 is 11.1 Å². The number of rotatable bonds is 4. The molecule has 1 aromatic rings. The minimum absolute atomic E-state index is 0.0127. The first kappa shape index (κ1) is 11.8. The number of thiophene rings is 1. The van der Waals surface area contributed by atoms with Crippen molar-refractivity contribution in [2.45, 2.75) is 25.4 Å². The molecule has 0 radical (unpaired) electrons. The van der Waals surface area contributed by atoms with Crippen LogP contribution in [0.2, 0.25) is 0 Å². The number of carbonyl (C=O) groups excluding carboxylic acids is 1. The highest BCUT2D eigenvalue weighted by atomic mass is 32.1. The minimum atomic E-state index is -0.614. The summed E-state index contributed by atoms with van der Waals surface area (Å²) < 4.78 is 0. The molecular formula is C11H14N2OS. The largest absolute Gasteiger partial charge is 0.347 e. The molecule has 0 aliphatic heterocycles. The van der Waals surface area contributed by atoms with Crippen LogP contribution >= 0.6 is 11.3 Å². The molecule has 0 saturated heterocycles.